The molecule has 0 saturated heterocycles. The summed E-state index contributed by atoms with van der Waals surface area (Å²) < 4.78 is 7.13. The predicted molar refractivity (Wildman–Crippen MR) is 95.6 cm³/mol. The van der Waals surface area contributed by atoms with Gasteiger partial charge in [-0.25, -0.2) is 4.79 Å². The largest absolute Gasteiger partial charge is 0.453 e. The minimum Gasteiger partial charge on any atom is -0.453 e. The van der Waals surface area contributed by atoms with E-state index in [-0.39, 0.29) is 18.3 Å². The number of hydrogen-bond donors (Lipinski definition) is 1. The third-order valence-electron chi connectivity index (χ3n) is 4.33. The molecule has 2 aromatic carbocycles. The van der Waals surface area contributed by atoms with Gasteiger partial charge in [0.2, 0.25) is 5.91 Å². The van der Waals surface area contributed by atoms with Crippen LogP contribution in [0.1, 0.15) is 34.0 Å². The van der Waals surface area contributed by atoms with Crippen LogP contribution < -0.4 is 5.32 Å². The van der Waals surface area contributed by atoms with Crippen LogP contribution in [0.4, 0.5) is 5.69 Å². The Balaban J connectivity index is 1.47. The van der Waals surface area contributed by atoms with Gasteiger partial charge in [-0.2, -0.15) is 5.10 Å². The van der Waals surface area contributed by atoms with Crippen molar-refractivity contribution in [2.24, 2.45) is 0 Å². The number of esters is 1. The first kappa shape index (κ1) is 16.1. The number of nitrogens with zero attached hydrogens (tertiary/aromatic N) is 2. The van der Waals surface area contributed by atoms with Gasteiger partial charge < -0.3 is 10.1 Å². The van der Waals surface area contributed by atoms with Gasteiger partial charge in [-0.15, -0.1) is 0 Å². The van der Waals surface area contributed by atoms with Crippen LogP contribution >= 0.6 is 0 Å². The molecule has 3 aromatic rings. The maximum absolute atomic E-state index is 12.5. The van der Waals surface area contributed by atoms with E-state index in [1.165, 1.54) is 0 Å². The van der Waals surface area contributed by atoms with Crippen molar-refractivity contribution in [2.45, 2.75) is 19.1 Å². The highest BCUT2D eigenvalue weighted by atomic mass is 16.5. The lowest BCUT2D eigenvalue weighted by Crippen LogP contribution is -2.17. The Hall–Kier alpha value is -3.41. The van der Waals surface area contributed by atoms with Gasteiger partial charge in [-0.1, -0.05) is 36.4 Å². The minimum absolute atomic E-state index is 0.0822. The van der Waals surface area contributed by atoms with Crippen LogP contribution in [-0.4, -0.2) is 21.7 Å². The molecule has 1 atom stereocenters. The van der Waals surface area contributed by atoms with Crippen LogP contribution in [0.3, 0.4) is 0 Å². The second-order valence-corrected chi connectivity index (χ2v) is 6.09. The summed E-state index contributed by atoms with van der Waals surface area (Å²) in [4.78, 5) is 24.4. The number of cyclic esters (lactones) is 1. The molecule has 1 aliphatic heterocycles. The van der Waals surface area contributed by atoms with Crippen LogP contribution in [0.15, 0.2) is 67.0 Å². The molecule has 2 heterocycles. The number of carbonyl (C=O) groups is 2. The van der Waals surface area contributed by atoms with Crippen molar-refractivity contribution in [3.05, 3.63) is 83.7 Å². The van der Waals surface area contributed by atoms with Crippen molar-refractivity contribution in [3.63, 3.8) is 0 Å². The van der Waals surface area contributed by atoms with E-state index < -0.39 is 6.10 Å². The van der Waals surface area contributed by atoms with Gasteiger partial charge in [-0.3, -0.25) is 9.48 Å². The zero-order chi connectivity index (χ0) is 17.9. The van der Waals surface area contributed by atoms with Crippen LogP contribution in [0.5, 0.6) is 0 Å². The van der Waals surface area contributed by atoms with Crippen molar-refractivity contribution in [2.75, 3.05) is 5.32 Å². The van der Waals surface area contributed by atoms with Gasteiger partial charge in [0.1, 0.15) is 6.10 Å². The van der Waals surface area contributed by atoms with E-state index in [0.717, 1.165) is 16.8 Å². The summed E-state index contributed by atoms with van der Waals surface area (Å²) in [5.41, 5.74) is 2.97. The number of rotatable bonds is 5. The summed E-state index contributed by atoms with van der Waals surface area (Å²) in [7, 11) is 0. The Morgan fingerprint density at radius 3 is 2.77 bits per heavy atom. The molecule has 0 radical (unpaired) electrons. The van der Waals surface area contributed by atoms with Crippen molar-refractivity contribution < 1.29 is 14.3 Å². The Labute approximate surface area is 150 Å². The van der Waals surface area contributed by atoms with Gasteiger partial charge in [0.05, 0.1) is 18.5 Å². The SMILES string of the molecule is O=C(C[C@H]1OC(=O)c2ccccc21)Nc1ccccc1Cn1cccn1. The molecule has 1 amide bonds. The lowest BCUT2D eigenvalue weighted by molar-refractivity contribution is -0.118. The molecule has 1 aliphatic rings. The van der Waals surface area contributed by atoms with E-state index >= 15 is 0 Å². The summed E-state index contributed by atoms with van der Waals surface area (Å²) in [6.45, 7) is 0.560. The summed E-state index contributed by atoms with van der Waals surface area (Å²) in [6.07, 6.45) is 3.12. The molecule has 130 valence electrons. The Bertz CT molecular complexity index is 950. The summed E-state index contributed by atoms with van der Waals surface area (Å²) >= 11 is 0. The molecular weight excluding hydrogens is 330 g/mol. The average Bonchev–Trinajstić information content (AvgIpc) is 3.26. The van der Waals surface area contributed by atoms with E-state index in [0.29, 0.717) is 12.1 Å². The highest BCUT2D eigenvalue weighted by Gasteiger charge is 2.32. The topological polar surface area (TPSA) is 73.2 Å². The normalized spacial score (nSPS) is 15.4. The summed E-state index contributed by atoms with van der Waals surface area (Å²) in [6, 6.07) is 16.6. The number of carbonyl (C=O) groups excluding carboxylic acids is 2. The zero-order valence-electron chi connectivity index (χ0n) is 14.0. The first-order chi connectivity index (χ1) is 12.7. The molecule has 0 bridgehead atoms. The Morgan fingerprint density at radius 2 is 1.92 bits per heavy atom. The highest BCUT2D eigenvalue weighted by Crippen LogP contribution is 2.33. The predicted octanol–water partition coefficient (Wildman–Crippen LogP) is 3.17. The molecule has 0 spiro atoms. The average molecular weight is 347 g/mol. The molecule has 6 heteroatoms. The number of para-hydroxylation sites is 1. The monoisotopic (exact) mass is 347 g/mol. The third-order valence-corrected chi connectivity index (χ3v) is 4.33. The van der Waals surface area contributed by atoms with Gasteiger partial charge in [-0.05, 0) is 23.8 Å². The van der Waals surface area contributed by atoms with E-state index in [1.807, 2.05) is 48.7 Å². The van der Waals surface area contributed by atoms with E-state index in [9.17, 15) is 9.59 Å². The summed E-state index contributed by atoms with van der Waals surface area (Å²) in [5.74, 6) is -0.579. The van der Waals surface area contributed by atoms with Crippen molar-refractivity contribution >= 4 is 17.6 Å². The number of hydrogen-bond acceptors (Lipinski definition) is 4. The Kier molecular flexibility index (Phi) is 4.23. The van der Waals surface area contributed by atoms with Crippen molar-refractivity contribution in [1.29, 1.82) is 0 Å². The fraction of sp³-hybridized carbons (Fsp3) is 0.150. The quantitative estimate of drug-likeness (QED) is 0.720. The van der Waals surface area contributed by atoms with Crippen LogP contribution in [0, 0.1) is 0 Å². The number of aromatic nitrogens is 2. The number of nitrogens with one attached hydrogen (secondary N) is 1. The smallest absolute Gasteiger partial charge is 0.339 e. The van der Waals surface area contributed by atoms with Gasteiger partial charge in [0.15, 0.2) is 0 Å². The first-order valence-electron chi connectivity index (χ1n) is 8.36. The second kappa shape index (κ2) is 6.84. The first-order valence-corrected chi connectivity index (χ1v) is 8.36. The molecule has 0 fully saturated rings. The minimum atomic E-state index is -0.544. The van der Waals surface area contributed by atoms with Crippen molar-refractivity contribution in [1.82, 2.24) is 9.78 Å². The van der Waals surface area contributed by atoms with Crippen molar-refractivity contribution in [3.8, 4) is 0 Å². The molecule has 1 aromatic heterocycles. The molecule has 0 aliphatic carbocycles. The Morgan fingerprint density at radius 1 is 1.12 bits per heavy atom. The van der Waals surface area contributed by atoms with E-state index in [4.69, 9.17) is 4.74 Å². The number of ether oxygens (including phenoxy) is 1. The molecule has 0 unspecified atom stereocenters. The zero-order valence-corrected chi connectivity index (χ0v) is 14.0. The van der Waals surface area contributed by atoms with Gasteiger partial charge >= 0.3 is 5.97 Å². The molecular formula is C20H17N3O3. The lowest BCUT2D eigenvalue weighted by Gasteiger charge is -2.14. The van der Waals surface area contributed by atoms with Crippen LogP contribution in [0.2, 0.25) is 0 Å². The van der Waals surface area contributed by atoms with Gasteiger partial charge in [0, 0.05) is 23.6 Å². The third kappa shape index (κ3) is 3.21. The summed E-state index contributed by atoms with van der Waals surface area (Å²) in [5, 5.41) is 7.12. The standard InChI is InChI=1S/C20H17N3O3/c24-19(12-18-15-7-2-3-8-16(15)20(25)26-18)22-17-9-4-1-6-14(17)13-23-11-5-10-21-23/h1-11,18H,12-13H2,(H,22,24)/t18-/m1/s1. The number of benzene rings is 2. The number of fused-ring (bicyclic) bond motifs is 1. The lowest BCUT2D eigenvalue weighted by atomic mass is 10.0. The van der Waals surface area contributed by atoms with Crippen LogP contribution in [-0.2, 0) is 16.1 Å². The van der Waals surface area contributed by atoms with E-state index in [2.05, 4.69) is 10.4 Å². The van der Waals surface area contributed by atoms with Gasteiger partial charge in [0.25, 0.3) is 0 Å². The molecule has 6 nitrogen and oxygen atoms in total. The maximum Gasteiger partial charge on any atom is 0.339 e. The van der Waals surface area contributed by atoms with Crippen LogP contribution in [0.25, 0.3) is 0 Å². The molecule has 4 rings (SSSR count). The van der Waals surface area contributed by atoms with E-state index in [1.54, 1.807) is 23.0 Å². The molecule has 1 N–H and O–H groups in total. The fourth-order valence-corrected chi connectivity index (χ4v) is 3.09. The second-order valence-electron chi connectivity index (χ2n) is 6.09. The highest BCUT2D eigenvalue weighted by molar-refractivity contribution is 5.96. The number of anilines is 1. The molecule has 26 heavy (non-hydrogen) atoms. The maximum atomic E-state index is 12.5. The fourth-order valence-electron chi connectivity index (χ4n) is 3.09. The number of amides is 1. The molecule has 0 saturated carbocycles.